The van der Waals surface area contributed by atoms with E-state index < -0.39 is 0 Å². The van der Waals surface area contributed by atoms with E-state index in [2.05, 4.69) is 20.4 Å². The fraction of sp³-hybridized carbons (Fsp3) is 0.474. The maximum absolute atomic E-state index is 13.2. The maximum Gasteiger partial charge on any atom is 0.241 e. The van der Waals surface area contributed by atoms with E-state index in [1.54, 1.807) is 12.1 Å². The van der Waals surface area contributed by atoms with Crippen molar-refractivity contribution in [3.63, 3.8) is 0 Å². The summed E-state index contributed by atoms with van der Waals surface area (Å²) in [6.07, 6.45) is 4.04. The molecule has 1 unspecified atom stereocenters. The van der Waals surface area contributed by atoms with Crippen molar-refractivity contribution < 1.29 is 9.18 Å². The zero-order chi connectivity index (χ0) is 17.9. The van der Waals surface area contributed by atoms with Gasteiger partial charge in [0.05, 0.1) is 17.9 Å². The second kappa shape index (κ2) is 7.55. The fourth-order valence-electron chi connectivity index (χ4n) is 3.82. The van der Waals surface area contributed by atoms with Crippen molar-refractivity contribution in [1.82, 2.24) is 25.3 Å². The van der Waals surface area contributed by atoms with Crippen molar-refractivity contribution in [3.05, 3.63) is 41.8 Å². The zero-order valence-electron chi connectivity index (χ0n) is 14.7. The third-order valence-corrected chi connectivity index (χ3v) is 5.22. The highest BCUT2D eigenvalue weighted by Crippen LogP contribution is 2.23. The Morgan fingerprint density at radius 2 is 1.96 bits per heavy atom. The lowest BCUT2D eigenvalue weighted by Crippen LogP contribution is -2.57. The molecule has 26 heavy (non-hydrogen) atoms. The lowest BCUT2D eigenvalue weighted by molar-refractivity contribution is -0.133. The molecule has 3 heterocycles. The second-order valence-corrected chi connectivity index (χ2v) is 7.05. The first-order valence-electron chi connectivity index (χ1n) is 9.23. The third-order valence-electron chi connectivity index (χ3n) is 5.22. The lowest BCUT2D eigenvalue weighted by Gasteiger charge is -2.34. The monoisotopic (exact) mass is 357 g/mol. The largest absolute Gasteiger partial charge is 0.341 e. The standard InChI is InChI=1S/C19H24FN5O/c20-16-5-3-14(4-6-16)18-15(11-22-23-18)12-24-10-7-21-17(13-24)19(26)25-8-1-2-9-25/h3-6,11,17,21H,1-2,7-10,12-13H2,(H,22,23). The predicted molar refractivity (Wildman–Crippen MR) is 96.9 cm³/mol. The highest BCUT2D eigenvalue weighted by molar-refractivity contribution is 5.82. The minimum Gasteiger partial charge on any atom is -0.341 e. The van der Waals surface area contributed by atoms with E-state index in [-0.39, 0.29) is 17.8 Å². The number of rotatable bonds is 4. The van der Waals surface area contributed by atoms with Gasteiger partial charge < -0.3 is 10.2 Å². The van der Waals surface area contributed by atoms with E-state index in [0.29, 0.717) is 13.1 Å². The molecule has 2 fully saturated rings. The van der Waals surface area contributed by atoms with E-state index in [1.165, 1.54) is 12.1 Å². The molecule has 7 heteroatoms. The summed E-state index contributed by atoms with van der Waals surface area (Å²) in [6.45, 7) is 4.87. The first kappa shape index (κ1) is 17.2. The van der Waals surface area contributed by atoms with Crippen LogP contribution in [0.4, 0.5) is 4.39 Å². The number of piperazine rings is 1. The fourth-order valence-corrected chi connectivity index (χ4v) is 3.82. The van der Waals surface area contributed by atoms with Gasteiger partial charge in [0.2, 0.25) is 5.91 Å². The Kier molecular flexibility index (Phi) is 4.99. The van der Waals surface area contributed by atoms with Gasteiger partial charge >= 0.3 is 0 Å². The number of halogens is 1. The molecule has 0 aliphatic carbocycles. The SMILES string of the molecule is O=C(C1CN(Cc2cn[nH]c2-c2ccc(F)cc2)CCN1)N1CCCC1. The molecule has 2 N–H and O–H groups in total. The summed E-state index contributed by atoms with van der Waals surface area (Å²) in [7, 11) is 0. The Morgan fingerprint density at radius 3 is 2.73 bits per heavy atom. The molecule has 6 nitrogen and oxygen atoms in total. The summed E-state index contributed by atoms with van der Waals surface area (Å²) >= 11 is 0. The molecule has 0 bridgehead atoms. The number of carbonyl (C=O) groups is 1. The number of hydrogen-bond acceptors (Lipinski definition) is 4. The van der Waals surface area contributed by atoms with Gasteiger partial charge in [-0.05, 0) is 37.1 Å². The topological polar surface area (TPSA) is 64.3 Å². The minimum absolute atomic E-state index is 0.136. The van der Waals surface area contributed by atoms with Crippen LogP contribution in [0.5, 0.6) is 0 Å². The number of benzene rings is 1. The van der Waals surface area contributed by atoms with Gasteiger partial charge in [-0.1, -0.05) is 0 Å². The van der Waals surface area contributed by atoms with E-state index >= 15 is 0 Å². The van der Waals surface area contributed by atoms with Crippen LogP contribution in [0.3, 0.4) is 0 Å². The van der Waals surface area contributed by atoms with Gasteiger partial charge in [-0.3, -0.25) is 14.8 Å². The number of aromatic amines is 1. The summed E-state index contributed by atoms with van der Waals surface area (Å²) < 4.78 is 13.2. The first-order valence-corrected chi connectivity index (χ1v) is 9.23. The van der Waals surface area contributed by atoms with Crippen molar-refractivity contribution >= 4 is 5.91 Å². The van der Waals surface area contributed by atoms with Crippen LogP contribution in [0, 0.1) is 5.82 Å². The van der Waals surface area contributed by atoms with Gasteiger partial charge in [0.25, 0.3) is 0 Å². The molecule has 138 valence electrons. The zero-order valence-corrected chi connectivity index (χ0v) is 14.7. The van der Waals surface area contributed by atoms with Crippen LogP contribution in [0.15, 0.2) is 30.5 Å². The summed E-state index contributed by atoms with van der Waals surface area (Å²) in [6, 6.07) is 6.28. The number of aromatic nitrogens is 2. The molecule has 2 aromatic rings. The molecule has 0 saturated carbocycles. The second-order valence-electron chi connectivity index (χ2n) is 7.05. The number of carbonyl (C=O) groups excluding carboxylic acids is 1. The van der Waals surface area contributed by atoms with Gasteiger partial charge in [-0.15, -0.1) is 0 Å². The molecule has 1 aromatic carbocycles. The van der Waals surface area contributed by atoms with Crippen molar-refractivity contribution in [2.45, 2.75) is 25.4 Å². The lowest BCUT2D eigenvalue weighted by atomic mass is 10.1. The quantitative estimate of drug-likeness (QED) is 0.873. The van der Waals surface area contributed by atoms with Gasteiger partial charge in [0.1, 0.15) is 5.82 Å². The Bertz CT molecular complexity index is 754. The summed E-state index contributed by atoms with van der Waals surface area (Å²) in [4.78, 5) is 16.9. The molecule has 2 aliphatic heterocycles. The minimum atomic E-state index is -0.250. The van der Waals surface area contributed by atoms with Crippen LogP contribution >= 0.6 is 0 Å². The molecule has 1 aromatic heterocycles. The normalized spacial score (nSPS) is 21.3. The van der Waals surface area contributed by atoms with Crippen LogP contribution in [0.25, 0.3) is 11.3 Å². The highest BCUT2D eigenvalue weighted by Gasteiger charge is 2.30. The van der Waals surface area contributed by atoms with Crippen LogP contribution in [0.2, 0.25) is 0 Å². The first-order chi connectivity index (χ1) is 12.7. The molecule has 0 radical (unpaired) electrons. The average molecular weight is 357 g/mol. The van der Waals surface area contributed by atoms with Crippen molar-refractivity contribution in [2.75, 3.05) is 32.7 Å². The highest BCUT2D eigenvalue weighted by atomic mass is 19.1. The summed E-state index contributed by atoms with van der Waals surface area (Å²) in [5.41, 5.74) is 2.88. The van der Waals surface area contributed by atoms with Gasteiger partial charge in [0.15, 0.2) is 0 Å². The Morgan fingerprint density at radius 1 is 1.19 bits per heavy atom. The number of nitrogens with one attached hydrogen (secondary N) is 2. The number of hydrogen-bond donors (Lipinski definition) is 2. The molecule has 1 amide bonds. The van der Waals surface area contributed by atoms with E-state index in [4.69, 9.17) is 0 Å². The number of amides is 1. The molecule has 2 saturated heterocycles. The Labute approximate surface area is 152 Å². The molecule has 4 rings (SSSR count). The van der Waals surface area contributed by atoms with Crippen molar-refractivity contribution in [1.29, 1.82) is 0 Å². The van der Waals surface area contributed by atoms with Crippen molar-refractivity contribution in [2.24, 2.45) is 0 Å². The molecule has 2 aliphatic rings. The maximum atomic E-state index is 13.2. The molecular weight excluding hydrogens is 333 g/mol. The van der Waals surface area contributed by atoms with Gasteiger partial charge in [-0.2, -0.15) is 5.10 Å². The van der Waals surface area contributed by atoms with Crippen LogP contribution in [0.1, 0.15) is 18.4 Å². The summed E-state index contributed by atoms with van der Waals surface area (Å²) in [5.74, 6) is -0.0293. The van der Waals surface area contributed by atoms with Gasteiger partial charge in [0, 0.05) is 50.4 Å². The van der Waals surface area contributed by atoms with Crippen LogP contribution < -0.4 is 5.32 Å². The molecular formula is C19H24FN5O. The Hall–Kier alpha value is -2.25. The van der Waals surface area contributed by atoms with E-state index in [1.807, 2.05) is 11.1 Å². The number of nitrogens with zero attached hydrogens (tertiary/aromatic N) is 3. The van der Waals surface area contributed by atoms with Gasteiger partial charge in [-0.25, -0.2) is 4.39 Å². The average Bonchev–Trinajstić information content (AvgIpc) is 3.34. The van der Waals surface area contributed by atoms with Crippen LogP contribution in [-0.2, 0) is 11.3 Å². The summed E-state index contributed by atoms with van der Waals surface area (Å²) in [5, 5.41) is 10.5. The Balaban J connectivity index is 1.43. The predicted octanol–water partition coefficient (Wildman–Crippen LogP) is 1.61. The molecule has 0 spiro atoms. The van der Waals surface area contributed by atoms with Crippen molar-refractivity contribution in [3.8, 4) is 11.3 Å². The van der Waals surface area contributed by atoms with Crippen LogP contribution in [-0.4, -0.2) is 64.7 Å². The van der Waals surface area contributed by atoms with E-state index in [0.717, 1.165) is 55.8 Å². The third kappa shape index (κ3) is 3.64. The smallest absolute Gasteiger partial charge is 0.241 e. The van der Waals surface area contributed by atoms with E-state index in [9.17, 15) is 9.18 Å². The number of H-pyrrole nitrogens is 1. The molecule has 1 atom stereocenters. The number of likely N-dealkylation sites (tertiary alicyclic amines) is 1.